The normalized spacial score (nSPS) is 10.4. The second-order valence-electron chi connectivity index (χ2n) is 4.01. The number of aromatic nitrogens is 1. The highest BCUT2D eigenvalue weighted by Crippen LogP contribution is 2.14. The van der Waals surface area contributed by atoms with Gasteiger partial charge in [0, 0.05) is 23.3 Å². The van der Waals surface area contributed by atoms with Gasteiger partial charge in [0.25, 0.3) is 5.91 Å². The van der Waals surface area contributed by atoms with Gasteiger partial charge in [-0.2, -0.15) is 0 Å². The van der Waals surface area contributed by atoms with E-state index in [9.17, 15) is 9.18 Å². The minimum Gasteiger partial charge on any atom is -0.357 e. The van der Waals surface area contributed by atoms with Crippen LogP contribution in [0.5, 0.6) is 0 Å². The monoisotopic (exact) mass is 266 g/mol. The summed E-state index contributed by atoms with van der Waals surface area (Å²) >= 11 is 5.65. The first-order valence-corrected chi connectivity index (χ1v) is 5.81. The average Bonchev–Trinajstić information content (AvgIpc) is 2.74. The number of halogens is 2. The smallest absolute Gasteiger partial charge is 0.267 e. The predicted molar refractivity (Wildman–Crippen MR) is 68.1 cm³/mol. The maximum atomic E-state index is 13.5. The molecule has 18 heavy (non-hydrogen) atoms. The van der Waals surface area contributed by atoms with Gasteiger partial charge in [0.2, 0.25) is 0 Å². The Morgan fingerprint density at radius 3 is 2.83 bits per heavy atom. The Morgan fingerprint density at radius 2 is 2.22 bits per heavy atom. The Hall–Kier alpha value is -1.81. The zero-order valence-corrected chi connectivity index (χ0v) is 10.5. The van der Waals surface area contributed by atoms with E-state index in [1.54, 1.807) is 24.4 Å². The summed E-state index contributed by atoms with van der Waals surface area (Å²) in [5.74, 6) is -0.692. The molecule has 2 rings (SSSR count). The maximum absolute atomic E-state index is 13.5. The Bertz CT molecular complexity index is 580. The second kappa shape index (κ2) is 5.23. The highest BCUT2D eigenvalue weighted by atomic mass is 35.5. The third kappa shape index (κ3) is 2.90. The molecule has 1 heterocycles. The van der Waals surface area contributed by atoms with Crippen molar-refractivity contribution in [2.75, 3.05) is 0 Å². The summed E-state index contributed by atoms with van der Waals surface area (Å²) in [6.07, 6.45) is 1.73. The lowest BCUT2D eigenvalue weighted by molar-refractivity contribution is 0.0946. The minimum atomic E-state index is -0.425. The molecule has 5 heteroatoms. The van der Waals surface area contributed by atoms with Crippen molar-refractivity contribution in [1.29, 1.82) is 0 Å². The number of hydrogen-bond acceptors (Lipinski definition) is 1. The van der Waals surface area contributed by atoms with Crippen molar-refractivity contribution in [3.05, 3.63) is 58.1 Å². The van der Waals surface area contributed by atoms with Crippen molar-refractivity contribution in [2.45, 2.75) is 13.5 Å². The quantitative estimate of drug-likeness (QED) is 0.881. The standard InChI is InChI=1S/C13H12ClFN2O/c1-8-4-12(16-6-8)13(18)17-7-9-2-3-10(14)5-11(9)15/h2-6,16H,7H2,1H3,(H,17,18). The summed E-state index contributed by atoms with van der Waals surface area (Å²) in [7, 11) is 0. The highest BCUT2D eigenvalue weighted by molar-refractivity contribution is 6.30. The van der Waals surface area contributed by atoms with Crippen LogP contribution in [0.3, 0.4) is 0 Å². The molecule has 0 spiro atoms. The van der Waals surface area contributed by atoms with E-state index in [2.05, 4.69) is 10.3 Å². The molecule has 0 aliphatic carbocycles. The first-order chi connectivity index (χ1) is 8.56. The van der Waals surface area contributed by atoms with Gasteiger partial charge in [-0.05, 0) is 30.7 Å². The molecule has 1 aromatic heterocycles. The second-order valence-corrected chi connectivity index (χ2v) is 4.45. The van der Waals surface area contributed by atoms with Crippen LogP contribution in [0.2, 0.25) is 5.02 Å². The van der Waals surface area contributed by atoms with Crippen molar-refractivity contribution in [3.63, 3.8) is 0 Å². The van der Waals surface area contributed by atoms with E-state index in [-0.39, 0.29) is 12.5 Å². The zero-order chi connectivity index (χ0) is 13.1. The third-order valence-corrected chi connectivity index (χ3v) is 2.76. The number of hydrogen-bond donors (Lipinski definition) is 2. The van der Waals surface area contributed by atoms with Gasteiger partial charge < -0.3 is 10.3 Å². The Labute approximate surface area is 109 Å². The molecule has 0 radical (unpaired) electrons. The van der Waals surface area contributed by atoms with Gasteiger partial charge in [0.15, 0.2) is 0 Å². The summed E-state index contributed by atoms with van der Waals surface area (Å²) in [5.41, 5.74) is 1.83. The van der Waals surface area contributed by atoms with E-state index in [1.807, 2.05) is 6.92 Å². The lowest BCUT2D eigenvalue weighted by Crippen LogP contribution is -2.23. The van der Waals surface area contributed by atoms with Crippen molar-refractivity contribution >= 4 is 17.5 Å². The highest BCUT2D eigenvalue weighted by Gasteiger charge is 2.08. The van der Waals surface area contributed by atoms with Crippen molar-refractivity contribution in [2.24, 2.45) is 0 Å². The summed E-state index contributed by atoms with van der Waals surface area (Å²) < 4.78 is 13.5. The zero-order valence-electron chi connectivity index (χ0n) is 9.76. The van der Waals surface area contributed by atoms with Crippen LogP contribution in [0.15, 0.2) is 30.5 Å². The van der Waals surface area contributed by atoms with Crippen LogP contribution in [0.4, 0.5) is 4.39 Å². The van der Waals surface area contributed by atoms with Crippen LogP contribution >= 0.6 is 11.6 Å². The molecule has 3 nitrogen and oxygen atoms in total. The number of aromatic amines is 1. The van der Waals surface area contributed by atoms with Crippen molar-refractivity contribution in [3.8, 4) is 0 Å². The summed E-state index contributed by atoms with van der Waals surface area (Å²) in [6, 6.07) is 6.10. The maximum Gasteiger partial charge on any atom is 0.267 e. The number of H-pyrrole nitrogens is 1. The fraction of sp³-hybridized carbons (Fsp3) is 0.154. The van der Waals surface area contributed by atoms with Crippen LogP contribution < -0.4 is 5.32 Å². The molecule has 1 aromatic carbocycles. The fourth-order valence-electron chi connectivity index (χ4n) is 1.57. The van der Waals surface area contributed by atoms with Crippen molar-refractivity contribution < 1.29 is 9.18 Å². The number of nitrogens with one attached hydrogen (secondary N) is 2. The van der Waals surface area contributed by atoms with Gasteiger partial charge >= 0.3 is 0 Å². The van der Waals surface area contributed by atoms with E-state index in [1.165, 1.54) is 6.07 Å². The van der Waals surface area contributed by atoms with Crippen LogP contribution in [0, 0.1) is 12.7 Å². The fourth-order valence-corrected chi connectivity index (χ4v) is 1.73. The van der Waals surface area contributed by atoms with Gasteiger partial charge in [0.05, 0.1) is 0 Å². The predicted octanol–water partition coefficient (Wildman–Crippen LogP) is 3.05. The number of carbonyl (C=O) groups excluding carboxylic acids is 1. The molecule has 2 N–H and O–H groups in total. The van der Waals surface area contributed by atoms with E-state index >= 15 is 0 Å². The summed E-state index contributed by atoms with van der Waals surface area (Å²) in [6.45, 7) is 2.01. The van der Waals surface area contributed by atoms with Crippen LogP contribution in [-0.4, -0.2) is 10.9 Å². The molecule has 0 saturated heterocycles. The molecule has 94 valence electrons. The molecular weight excluding hydrogens is 255 g/mol. The Kier molecular flexibility index (Phi) is 3.67. The molecule has 0 bridgehead atoms. The molecule has 1 amide bonds. The largest absolute Gasteiger partial charge is 0.357 e. The molecule has 0 aliphatic rings. The Morgan fingerprint density at radius 1 is 1.44 bits per heavy atom. The lowest BCUT2D eigenvalue weighted by atomic mass is 10.2. The molecule has 0 saturated carbocycles. The number of amides is 1. The van der Waals surface area contributed by atoms with Gasteiger partial charge in [-0.15, -0.1) is 0 Å². The van der Waals surface area contributed by atoms with Crippen LogP contribution in [0.1, 0.15) is 21.6 Å². The van der Waals surface area contributed by atoms with Crippen molar-refractivity contribution in [1.82, 2.24) is 10.3 Å². The van der Waals surface area contributed by atoms with Gasteiger partial charge in [0.1, 0.15) is 11.5 Å². The minimum absolute atomic E-state index is 0.125. The number of carbonyl (C=O) groups is 1. The summed E-state index contributed by atoms with van der Waals surface area (Å²) in [4.78, 5) is 14.6. The van der Waals surface area contributed by atoms with Crippen LogP contribution in [-0.2, 0) is 6.54 Å². The number of aryl methyl sites for hydroxylation is 1. The molecule has 0 fully saturated rings. The third-order valence-electron chi connectivity index (χ3n) is 2.53. The van der Waals surface area contributed by atoms with E-state index < -0.39 is 5.82 Å². The lowest BCUT2D eigenvalue weighted by Gasteiger charge is -2.05. The van der Waals surface area contributed by atoms with Gasteiger partial charge in [-0.3, -0.25) is 4.79 Å². The van der Waals surface area contributed by atoms with E-state index in [4.69, 9.17) is 11.6 Å². The molecule has 0 aliphatic heterocycles. The number of rotatable bonds is 3. The van der Waals surface area contributed by atoms with Crippen LogP contribution in [0.25, 0.3) is 0 Å². The van der Waals surface area contributed by atoms with E-state index in [0.717, 1.165) is 5.56 Å². The first kappa shape index (κ1) is 12.6. The number of benzene rings is 1. The Balaban J connectivity index is 2.01. The van der Waals surface area contributed by atoms with Gasteiger partial charge in [-0.25, -0.2) is 4.39 Å². The molecule has 0 atom stereocenters. The molecule has 0 unspecified atom stereocenters. The average molecular weight is 267 g/mol. The SMILES string of the molecule is Cc1c[nH]c(C(=O)NCc2ccc(Cl)cc2F)c1. The van der Waals surface area contributed by atoms with Gasteiger partial charge in [-0.1, -0.05) is 17.7 Å². The van der Waals surface area contributed by atoms with E-state index in [0.29, 0.717) is 16.3 Å². The molecular formula is C13H12ClFN2O. The molecule has 2 aromatic rings. The first-order valence-electron chi connectivity index (χ1n) is 5.43. The topological polar surface area (TPSA) is 44.9 Å². The summed E-state index contributed by atoms with van der Waals surface area (Å²) in [5, 5.41) is 2.97.